The molecule has 118 valence electrons. The molecule has 0 saturated carbocycles. The molecule has 0 unspecified atom stereocenters. The molecule has 23 heavy (non-hydrogen) atoms. The SMILES string of the molecule is CN(C)CCOc1ccccc1-c1cc(=O)c2ccccc2o1. The largest absolute Gasteiger partial charge is 0.491 e. The van der Waals surface area contributed by atoms with Crippen molar-refractivity contribution in [2.24, 2.45) is 0 Å². The third-order valence-electron chi connectivity index (χ3n) is 3.58. The molecule has 0 saturated heterocycles. The summed E-state index contributed by atoms with van der Waals surface area (Å²) in [6.07, 6.45) is 0. The third kappa shape index (κ3) is 3.43. The Bertz CT molecular complexity index is 868. The highest BCUT2D eigenvalue weighted by Crippen LogP contribution is 2.30. The average Bonchev–Trinajstić information content (AvgIpc) is 2.55. The molecule has 0 amide bonds. The minimum Gasteiger partial charge on any atom is -0.491 e. The fourth-order valence-electron chi connectivity index (χ4n) is 2.37. The topological polar surface area (TPSA) is 42.7 Å². The smallest absolute Gasteiger partial charge is 0.193 e. The van der Waals surface area contributed by atoms with Crippen molar-refractivity contribution in [3.8, 4) is 17.1 Å². The molecule has 0 N–H and O–H groups in total. The summed E-state index contributed by atoms with van der Waals surface area (Å²) in [5.41, 5.74) is 1.32. The summed E-state index contributed by atoms with van der Waals surface area (Å²) in [4.78, 5) is 14.3. The summed E-state index contributed by atoms with van der Waals surface area (Å²) in [6.45, 7) is 1.39. The van der Waals surface area contributed by atoms with E-state index >= 15 is 0 Å². The van der Waals surface area contributed by atoms with Crippen LogP contribution in [-0.4, -0.2) is 32.1 Å². The van der Waals surface area contributed by atoms with E-state index in [1.165, 1.54) is 6.07 Å². The molecule has 0 aliphatic carbocycles. The Morgan fingerprint density at radius 2 is 1.78 bits per heavy atom. The normalized spacial score (nSPS) is 11.1. The zero-order chi connectivity index (χ0) is 16.2. The maximum Gasteiger partial charge on any atom is 0.193 e. The van der Waals surface area contributed by atoms with Gasteiger partial charge < -0.3 is 14.1 Å². The molecule has 4 heteroatoms. The van der Waals surface area contributed by atoms with Crippen LogP contribution in [-0.2, 0) is 0 Å². The number of benzene rings is 2. The zero-order valence-electron chi connectivity index (χ0n) is 13.3. The minimum atomic E-state index is -0.0510. The quantitative estimate of drug-likeness (QED) is 0.724. The van der Waals surface area contributed by atoms with Gasteiger partial charge in [0.15, 0.2) is 5.43 Å². The zero-order valence-corrected chi connectivity index (χ0v) is 13.3. The van der Waals surface area contributed by atoms with Crippen LogP contribution in [0.4, 0.5) is 0 Å². The second kappa shape index (κ2) is 6.67. The van der Waals surface area contributed by atoms with Crippen LogP contribution in [0.5, 0.6) is 5.75 Å². The first-order chi connectivity index (χ1) is 11.1. The fraction of sp³-hybridized carbons (Fsp3) is 0.211. The van der Waals surface area contributed by atoms with E-state index in [1.54, 1.807) is 12.1 Å². The van der Waals surface area contributed by atoms with Crippen LogP contribution in [0.1, 0.15) is 0 Å². The van der Waals surface area contributed by atoms with Crippen LogP contribution in [0, 0.1) is 0 Å². The Morgan fingerprint density at radius 3 is 2.61 bits per heavy atom. The van der Waals surface area contributed by atoms with Gasteiger partial charge in [0.05, 0.1) is 10.9 Å². The number of fused-ring (bicyclic) bond motifs is 1. The van der Waals surface area contributed by atoms with Crippen molar-refractivity contribution < 1.29 is 9.15 Å². The first-order valence-electron chi connectivity index (χ1n) is 7.55. The van der Waals surface area contributed by atoms with Gasteiger partial charge in [-0.15, -0.1) is 0 Å². The van der Waals surface area contributed by atoms with Gasteiger partial charge in [-0.2, -0.15) is 0 Å². The monoisotopic (exact) mass is 309 g/mol. The van der Waals surface area contributed by atoms with E-state index in [0.29, 0.717) is 29.1 Å². The summed E-state index contributed by atoms with van der Waals surface area (Å²) in [7, 11) is 4.00. The second-order valence-corrected chi connectivity index (χ2v) is 5.62. The van der Waals surface area contributed by atoms with Crippen molar-refractivity contribution in [2.75, 3.05) is 27.2 Å². The van der Waals surface area contributed by atoms with E-state index in [2.05, 4.69) is 4.90 Å². The van der Waals surface area contributed by atoms with Crippen LogP contribution in [0.3, 0.4) is 0 Å². The molecule has 1 aromatic heterocycles. The van der Waals surface area contributed by atoms with Gasteiger partial charge >= 0.3 is 0 Å². The number of hydrogen-bond donors (Lipinski definition) is 0. The highest BCUT2D eigenvalue weighted by molar-refractivity contribution is 5.79. The predicted molar refractivity (Wildman–Crippen MR) is 92.0 cm³/mol. The van der Waals surface area contributed by atoms with E-state index < -0.39 is 0 Å². The molecule has 0 atom stereocenters. The fourth-order valence-corrected chi connectivity index (χ4v) is 2.37. The minimum absolute atomic E-state index is 0.0510. The van der Waals surface area contributed by atoms with E-state index in [-0.39, 0.29) is 5.43 Å². The summed E-state index contributed by atoms with van der Waals surface area (Å²) < 4.78 is 11.8. The lowest BCUT2D eigenvalue weighted by Crippen LogP contribution is -2.19. The summed E-state index contributed by atoms with van der Waals surface area (Å²) in [5, 5.41) is 0.585. The molecule has 4 nitrogen and oxygen atoms in total. The van der Waals surface area contributed by atoms with Crippen molar-refractivity contribution in [2.45, 2.75) is 0 Å². The average molecular weight is 309 g/mol. The van der Waals surface area contributed by atoms with Crippen LogP contribution < -0.4 is 10.2 Å². The van der Waals surface area contributed by atoms with Gasteiger partial charge in [-0.25, -0.2) is 0 Å². The lowest BCUT2D eigenvalue weighted by Gasteiger charge is -2.13. The molecule has 0 aliphatic heterocycles. The lowest BCUT2D eigenvalue weighted by molar-refractivity contribution is 0.262. The Hall–Kier alpha value is -2.59. The van der Waals surface area contributed by atoms with E-state index in [0.717, 1.165) is 12.1 Å². The Balaban J connectivity index is 2.00. The molecule has 2 aromatic carbocycles. The van der Waals surface area contributed by atoms with Crippen molar-refractivity contribution in [1.82, 2.24) is 4.90 Å². The van der Waals surface area contributed by atoms with Gasteiger partial charge in [0, 0.05) is 12.6 Å². The summed E-state index contributed by atoms with van der Waals surface area (Å²) in [6, 6.07) is 16.4. The van der Waals surface area contributed by atoms with E-state index in [9.17, 15) is 4.79 Å². The highest BCUT2D eigenvalue weighted by Gasteiger charge is 2.11. The second-order valence-electron chi connectivity index (χ2n) is 5.62. The summed E-state index contributed by atoms with van der Waals surface area (Å²) >= 11 is 0. The van der Waals surface area contributed by atoms with Gasteiger partial charge in [0.1, 0.15) is 23.7 Å². The van der Waals surface area contributed by atoms with E-state index in [4.69, 9.17) is 9.15 Å². The molecule has 1 heterocycles. The van der Waals surface area contributed by atoms with Gasteiger partial charge in [-0.3, -0.25) is 4.79 Å². The van der Waals surface area contributed by atoms with Gasteiger partial charge in [0.2, 0.25) is 0 Å². The molecule has 3 rings (SSSR count). The molecular weight excluding hydrogens is 290 g/mol. The first-order valence-corrected chi connectivity index (χ1v) is 7.55. The molecule has 0 fully saturated rings. The molecular formula is C19H19NO3. The number of likely N-dealkylation sites (N-methyl/N-ethyl adjacent to an activating group) is 1. The lowest BCUT2D eigenvalue weighted by atomic mass is 10.1. The van der Waals surface area contributed by atoms with E-state index in [1.807, 2.05) is 50.5 Å². The molecule has 3 aromatic rings. The Kier molecular flexibility index (Phi) is 4.44. The first kappa shape index (κ1) is 15.3. The molecule has 0 aliphatic rings. The van der Waals surface area contributed by atoms with Crippen molar-refractivity contribution >= 4 is 11.0 Å². The van der Waals surface area contributed by atoms with Crippen LogP contribution in [0.25, 0.3) is 22.3 Å². The number of rotatable bonds is 5. The van der Waals surface area contributed by atoms with Crippen LogP contribution in [0.15, 0.2) is 63.8 Å². The Labute approximate surface area is 134 Å². The van der Waals surface area contributed by atoms with Crippen molar-refractivity contribution in [3.05, 3.63) is 64.8 Å². The highest BCUT2D eigenvalue weighted by atomic mass is 16.5. The van der Waals surface area contributed by atoms with Crippen molar-refractivity contribution in [1.29, 1.82) is 0 Å². The number of ether oxygens (including phenoxy) is 1. The predicted octanol–water partition coefficient (Wildman–Crippen LogP) is 3.40. The Morgan fingerprint density at radius 1 is 1.04 bits per heavy atom. The molecule has 0 spiro atoms. The standard InChI is InChI=1S/C19H19NO3/c1-20(2)11-12-22-17-9-5-4-8-15(17)19-13-16(21)14-7-3-6-10-18(14)23-19/h3-10,13H,11-12H2,1-2H3. The number of para-hydroxylation sites is 2. The van der Waals surface area contributed by atoms with Crippen molar-refractivity contribution in [3.63, 3.8) is 0 Å². The van der Waals surface area contributed by atoms with Gasteiger partial charge in [0.25, 0.3) is 0 Å². The van der Waals surface area contributed by atoms with Gasteiger partial charge in [-0.1, -0.05) is 24.3 Å². The maximum atomic E-state index is 12.3. The third-order valence-corrected chi connectivity index (χ3v) is 3.58. The molecule has 0 radical (unpaired) electrons. The maximum absolute atomic E-state index is 12.3. The van der Waals surface area contributed by atoms with Crippen LogP contribution in [0.2, 0.25) is 0 Å². The van der Waals surface area contributed by atoms with Crippen LogP contribution >= 0.6 is 0 Å². The molecule has 0 bridgehead atoms. The number of hydrogen-bond acceptors (Lipinski definition) is 4. The number of nitrogens with zero attached hydrogens (tertiary/aromatic N) is 1. The van der Waals surface area contributed by atoms with Gasteiger partial charge in [-0.05, 0) is 38.4 Å². The summed E-state index contributed by atoms with van der Waals surface area (Å²) in [5.74, 6) is 1.24.